The summed E-state index contributed by atoms with van der Waals surface area (Å²) < 4.78 is 16.1. The van der Waals surface area contributed by atoms with Crippen LogP contribution in [0.15, 0.2) is 42.5 Å². The van der Waals surface area contributed by atoms with E-state index in [4.69, 9.17) is 14.2 Å². The molecule has 7 nitrogen and oxygen atoms in total. The van der Waals surface area contributed by atoms with Gasteiger partial charge in [0, 0.05) is 0 Å². The van der Waals surface area contributed by atoms with Gasteiger partial charge in [-0.25, -0.2) is 4.79 Å². The molecule has 0 aliphatic rings. The molecule has 0 aliphatic heterocycles. The van der Waals surface area contributed by atoms with Gasteiger partial charge in [-0.15, -0.1) is 0 Å². The van der Waals surface area contributed by atoms with Crippen molar-refractivity contribution >= 4 is 12.1 Å². The highest BCUT2D eigenvalue weighted by atomic mass is 16.6. The van der Waals surface area contributed by atoms with Gasteiger partial charge < -0.3 is 24.6 Å². The van der Waals surface area contributed by atoms with Crippen molar-refractivity contribution in [1.82, 2.24) is 5.32 Å². The van der Waals surface area contributed by atoms with Gasteiger partial charge in [-0.3, -0.25) is 4.79 Å². The van der Waals surface area contributed by atoms with Gasteiger partial charge in [0.1, 0.15) is 17.1 Å². The van der Waals surface area contributed by atoms with Gasteiger partial charge in [0.2, 0.25) is 0 Å². The minimum absolute atomic E-state index is 0.267. The lowest BCUT2D eigenvalue weighted by molar-refractivity contribution is -0.137. The summed E-state index contributed by atoms with van der Waals surface area (Å²) in [5, 5.41) is 11.9. The third-order valence-electron chi connectivity index (χ3n) is 4.10. The van der Waals surface area contributed by atoms with Crippen molar-refractivity contribution in [3.63, 3.8) is 0 Å². The summed E-state index contributed by atoms with van der Waals surface area (Å²) in [6.07, 6.45) is -0.935. The molecular formula is C22H27NO6. The van der Waals surface area contributed by atoms with Crippen LogP contribution in [0, 0.1) is 0 Å². The number of aliphatic carboxylic acids is 1. The van der Waals surface area contributed by atoms with E-state index in [-0.39, 0.29) is 6.42 Å². The zero-order valence-corrected chi connectivity index (χ0v) is 17.3. The highest BCUT2D eigenvalue weighted by Crippen LogP contribution is 2.38. The molecule has 0 radical (unpaired) electrons. The van der Waals surface area contributed by atoms with Crippen LogP contribution in [-0.4, -0.2) is 37.0 Å². The van der Waals surface area contributed by atoms with Gasteiger partial charge in [-0.05, 0) is 44.0 Å². The van der Waals surface area contributed by atoms with Crippen LogP contribution in [0.25, 0.3) is 11.1 Å². The van der Waals surface area contributed by atoms with Crippen molar-refractivity contribution in [3.8, 4) is 22.6 Å². The van der Waals surface area contributed by atoms with Crippen LogP contribution in [0.1, 0.15) is 38.8 Å². The lowest BCUT2D eigenvalue weighted by atomic mass is 9.98. The Bertz CT molecular complexity index is 832. The summed E-state index contributed by atoms with van der Waals surface area (Å²) >= 11 is 0. The molecule has 0 bridgehead atoms. The Morgan fingerprint density at radius 1 is 1.00 bits per heavy atom. The van der Waals surface area contributed by atoms with Crippen LogP contribution < -0.4 is 14.8 Å². The summed E-state index contributed by atoms with van der Waals surface area (Å²) in [4.78, 5) is 23.4. The Morgan fingerprint density at radius 3 is 2.00 bits per heavy atom. The molecule has 156 valence electrons. The lowest BCUT2D eigenvalue weighted by Crippen LogP contribution is -2.35. The Labute approximate surface area is 170 Å². The molecule has 2 aromatic carbocycles. The van der Waals surface area contributed by atoms with Crippen molar-refractivity contribution in [2.75, 3.05) is 14.2 Å². The molecule has 2 rings (SSSR count). The summed E-state index contributed by atoms with van der Waals surface area (Å²) in [5.74, 6) is 0.290. The van der Waals surface area contributed by atoms with E-state index in [1.54, 1.807) is 47.1 Å². The normalized spacial score (nSPS) is 12.0. The summed E-state index contributed by atoms with van der Waals surface area (Å²) in [6.45, 7) is 5.23. The van der Waals surface area contributed by atoms with Crippen LogP contribution in [0.3, 0.4) is 0 Å². The first-order valence-electron chi connectivity index (χ1n) is 9.17. The second-order valence-corrected chi connectivity index (χ2v) is 7.46. The maximum Gasteiger partial charge on any atom is 0.408 e. The number of rotatable bonds is 7. The number of carbonyl (C=O) groups excluding carboxylic acids is 1. The molecular weight excluding hydrogens is 374 g/mol. The van der Waals surface area contributed by atoms with Crippen molar-refractivity contribution in [3.05, 3.63) is 48.0 Å². The molecule has 0 spiro atoms. The van der Waals surface area contributed by atoms with E-state index in [9.17, 15) is 14.7 Å². The molecule has 0 saturated carbocycles. The van der Waals surface area contributed by atoms with Crippen LogP contribution >= 0.6 is 0 Å². The summed E-state index contributed by atoms with van der Waals surface area (Å²) in [5.41, 5.74) is 1.60. The Kier molecular flexibility index (Phi) is 7.09. The topological polar surface area (TPSA) is 94.1 Å². The van der Waals surface area contributed by atoms with Crippen LogP contribution in [0.5, 0.6) is 11.5 Å². The van der Waals surface area contributed by atoms with Gasteiger partial charge in [0.25, 0.3) is 0 Å². The van der Waals surface area contributed by atoms with E-state index in [1.807, 2.05) is 30.3 Å². The fourth-order valence-corrected chi connectivity index (χ4v) is 2.89. The van der Waals surface area contributed by atoms with E-state index in [2.05, 4.69) is 5.32 Å². The minimum Gasteiger partial charge on any atom is -0.496 e. The highest BCUT2D eigenvalue weighted by Gasteiger charge is 2.23. The van der Waals surface area contributed by atoms with Crippen LogP contribution in [0.2, 0.25) is 0 Å². The summed E-state index contributed by atoms with van der Waals surface area (Å²) in [7, 11) is 3.17. The fourth-order valence-electron chi connectivity index (χ4n) is 2.89. The number of hydrogen-bond donors (Lipinski definition) is 2. The molecule has 1 amide bonds. The zero-order valence-electron chi connectivity index (χ0n) is 17.3. The molecule has 0 aliphatic carbocycles. The minimum atomic E-state index is -1.03. The SMILES string of the molecule is COc1cccc(OC)c1-c1ccc([C@@H](CC(=O)O)NC(=O)OC(C)(C)C)cc1. The van der Waals surface area contributed by atoms with E-state index >= 15 is 0 Å². The molecule has 0 aromatic heterocycles. The first-order valence-corrected chi connectivity index (χ1v) is 9.17. The van der Waals surface area contributed by atoms with Crippen molar-refractivity contribution in [1.29, 1.82) is 0 Å². The van der Waals surface area contributed by atoms with Gasteiger partial charge in [0.05, 0.1) is 32.2 Å². The maximum absolute atomic E-state index is 12.1. The number of carboxylic acid groups (broad SMARTS) is 1. The van der Waals surface area contributed by atoms with Gasteiger partial charge >= 0.3 is 12.1 Å². The Morgan fingerprint density at radius 2 is 1.55 bits per heavy atom. The van der Waals surface area contributed by atoms with Crippen LogP contribution in [-0.2, 0) is 9.53 Å². The maximum atomic E-state index is 12.1. The third kappa shape index (κ3) is 6.14. The molecule has 1 atom stereocenters. The van der Waals surface area contributed by atoms with E-state index in [0.29, 0.717) is 17.1 Å². The number of carboxylic acids is 1. The molecule has 0 fully saturated rings. The average Bonchev–Trinajstić information content (AvgIpc) is 2.65. The van der Waals surface area contributed by atoms with E-state index < -0.39 is 23.7 Å². The second kappa shape index (κ2) is 9.32. The predicted octanol–water partition coefficient (Wildman–Crippen LogP) is 4.41. The number of carbonyl (C=O) groups is 2. The van der Waals surface area contributed by atoms with Gasteiger partial charge in [-0.2, -0.15) is 0 Å². The number of ether oxygens (including phenoxy) is 3. The zero-order chi connectivity index (χ0) is 21.6. The average molecular weight is 401 g/mol. The fraction of sp³-hybridized carbons (Fsp3) is 0.364. The van der Waals surface area contributed by atoms with E-state index in [0.717, 1.165) is 11.1 Å². The van der Waals surface area contributed by atoms with Crippen LogP contribution in [0.4, 0.5) is 4.79 Å². The number of nitrogens with one attached hydrogen (secondary N) is 1. The first-order chi connectivity index (χ1) is 13.6. The molecule has 0 unspecified atom stereocenters. The number of alkyl carbamates (subject to hydrolysis) is 1. The lowest BCUT2D eigenvalue weighted by Gasteiger charge is -2.23. The number of amides is 1. The second-order valence-electron chi connectivity index (χ2n) is 7.46. The third-order valence-corrected chi connectivity index (χ3v) is 4.10. The smallest absolute Gasteiger partial charge is 0.408 e. The summed E-state index contributed by atoms with van der Waals surface area (Å²) in [6, 6.07) is 12.0. The molecule has 0 saturated heterocycles. The van der Waals surface area contributed by atoms with Crippen molar-refractivity contribution in [2.45, 2.75) is 38.8 Å². The van der Waals surface area contributed by atoms with Crippen molar-refractivity contribution in [2.24, 2.45) is 0 Å². The molecule has 7 heteroatoms. The number of methoxy groups -OCH3 is 2. The quantitative estimate of drug-likeness (QED) is 0.714. The standard InChI is InChI=1S/C22H27NO6/c1-22(2,3)29-21(26)23-16(13-19(24)25)14-9-11-15(12-10-14)20-17(27-4)7-6-8-18(20)28-5/h6-12,16H,13H2,1-5H3,(H,23,26)(H,24,25)/t16-/m1/s1. The van der Waals surface area contributed by atoms with Gasteiger partial charge in [-0.1, -0.05) is 30.3 Å². The predicted molar refractivity (Wildman–Crippen MR) is 109 cm³/mol. The van der Waals surface area contributed by atoms with Crippen molar-refractivity contribution < 1.29 is 28.9 Å². The first kappa shape index (κ1) is 22.1. The Hall–Kier alpha value is -3.22. The number of benzene rings is 2. The molecule has 2 N–H and O–H groups in total. The molecule has 2 aromatic rings. The Balaban J connectivity index is 2.32. The largest absolute Gasteiger partial charge is 0.496 e. The highest BCUT2D eigenvalue weighted by molar-refractivity contribution is 5.77. The monoisotopic (exact) mass is 401 g/mol. The molecule has 29 heavy (non-hydrogen) atoms. The van der Waals surface area contributed by atoms with Gasteiger partial charge in [0.15, 0.2) is 0 Å². The van der Waals surface area contributed by atoms with E-state index in [1.165, 1.54) is 0 Å². The molecule has 0 heterocycles. The number of hydrogen-bond acceptors (Lipinski definition) is 5.